The highest BCUT2D eigenvalue weighted by atomic mass is 16.5. The summed E-state index contributed by atoms with van der Waals surface area (Å²) in [6.07, 6.45) is 0. The first-order valence-corrected chi connectivity index (χ1v) is 10.7. The van der Waals surface area contributed by atoms with Crippen molar-refractivity contribution in [1.29, 1.82) is 0 Å². The Labute approximate surface area is 197 Å². The van der Waals surface area contributed by atoms with Crippen LogP contribution in [0.5, 0.6) is 11.5 Å². The molecule has 0 saturated heterocycles. The van der Waals surface area contributed by atoms with E-state index >= 15 is 0 Å². The monoisotopic (exact) mass is 458 g/mol. The maximum absolute atomic E-state index is 12.7. The molecule has 0 aliphatic heterocycles. The van der Waals surface area contributed by atoms with Crippen LogP contribution < -0.4 is 14.9 Å². The van der Waals surface area contributed by atoms with Gasteiger partial charge in [-0.2, -0.15) is 15.3 Å². The van der Waals surface area contributed by atoms with Crippen LogP contribution in [-0.2, 0) is 0 Å². The number of nitrogens with one attached hydrogen (secondary N) is 2. The van der Waals surface area contributed by atoms with Gasteiger partial charge < -0.3 is 9.47 Å². The highest BCUT2D eigenvalue weighted by molar-refractivity contribution is 6.01. The van der Waals surface area contributed by atoms with Crippen LogP contribution >= 0.6 is 0 Å². The van der Waals surface area contributed by atoms with Gasteiger partial charge in [-0.25, -0.2) is 10.1 Å². The van der Waals surface area contributed by atoms with E-state index in [1.165, 1.54) is 0 Å². The number of benzene rings is 2. The molecule has 0 spiro atoms. The van der Waals surface area contributed by atoms with Gasteiger partial charge in [-0.1, -0.05) is 18.2 Å². The maximum atomic E-state index is 12.7. The number of hydrogen-bond donors (Lipinski definition) is 2. The molecule has 0 saturated carbocycles. The minimum absolute atomic E-state index is 0.296. The number of hydrazone groups is 1. The third kappa shape index (κ3) is 4.40. The summed E-state index contributed by atoms with van der Waals surface area (Å²) in [5, 5.41) is 16.0. The maximum Gasteiger partial charge on any atom is 0.289 e. The molecule has 2 N–H and O–H groups in total. The van der Waals surface area contributed by atoms with Gasteiger partial charge in [-0.3, -0.25) is 9.89 Å². The van der Waals surface area contributed by atoms with Gasteiger partial charge in [0.05, 0.1) is 42.7 Å². The van der Waals surface area contributed by atoms with Gasteiger partial charge in [0.15, 0.2) is 11.5 Å². The highest BCUT2D eigenvalue weighted by Gasteiger charge is 2.19. The summed E-state index contributed by atoms with van der Waals surface area (Å²) in [4.78, 5) is 12.7. The van der Waals surface area contributed by atoms with Crippen molar-refractivity contribution in [2.24, 2.45) is 5.10 Å². The Bertz CT molecular complexity index is 1350. The fourth-order valence-electron chi connectivity index (χ4n) is 3.72. The number of para-hydroxylation sites is 1. The van der Waals surface area contributed by atoms with E-state index in [0.717, 1.165) is 28.2 Å². The summed E-state index contributed by atoms with van der Waals surface area (Å²) in [6, 6.07) is 17.0. The fraction of sp³-hybridized carbons (Fsp3) is 0.200. The van der Waals surface area contributed by atoms with Crippen molar-refractivity contribution in [3.05, 3.63) is 77.2 Å². The molecular formula is C25H26N6O3. The zero-order chi connectivity index (χ0) is 24.2. The van der Waals surface area contributed by atoms with Crippen LogP contribution in [0.1, 0.15) is 34.4 Å². The average molecular weight is 459 g/mol. The van der Waals surface area contributed by atoms with E-state index in [4.69, 9.17) is 9.47 Å². The molecular weight excluding hydrogens is 432 g/mol. The summed E-state index contributed by atoms with van der Waals surface area (Å²) < 4.78 is 12.5. The first-order chi connectivity index (χ1) is 16.4. The molecule has 0 radical (unpaired) electrons. The summed E-state index contributed by atoms with van der Waals surface area (Å²) in [7, 11) is 3.14. The van der Waals surface area contributed by atoms with Crippen LogP contribution in [-0.4, -0.2) is 45.8 Å². The topological polar surface area (TPSA) is 106 Å². The number of rotatable bonds is 7. The minimum atomic E-state index is -0.399. The predicted molar refractivity (Wildman–Crippen MR) is 130 cm³/mol. The molecule has 34 heavy (non-hydrogen) atoms. The number of aromatic nitrogens is 4. The number of aromatic amines is 1. The lowest BCUT2D eigenvalue weighted by molar-refractivity contribution is 0.0950. The molecule has 0 aliphatic carbocycles. The Hall–Kier alpha value is -4.40. The molecule has 0 atom stereocenters. The van der Waals surface area contributed by atoms with Crippen molar-refractivity contribution in [3.8, 4) is 28.4 Å². The molecule has 9 heteroatoms. The molecule has 2 aromatic heterocycles. The first kappa shape index (κ1) is 22.8. The third-order valence-corrected chi connectivity index (χ3v) is 5.50. The SMILES string of the molecule is COc1ccc(C(C)=NNC(=O)c2cc(-c3c(C)nn(-c4ccccc4)c3C)n[nH]2)cc1OC. The van der Waals surface area contributed by atoms with Crippen molar-refractivity contribution in [1.82, 2.24) is 25.4 Å². The van der Waals surface area contributed by atoms with E-state index in [0.29, 0.717) is 28.6 Å². The Kier molecular flexibility index (Phi) is 6.44. The zero-order valence-corrected chi connectivity index (χ0v) is 19.7. The van der Waals surface area contributed by atoms with Crippen molar-refractivity contribution >= 4 is 11.6 Å². The third-order valence-electron chi connectivity index (χ3n) is 5.50. The summed E-state index contributed by atoms with van der Waals surface area (Å²) in [5.41, 5.74) is 8.52. The number of amides is 1. The largest absolute Gasteiger partial charge is 0.493 e. The summed E-state index contributed by atoms with van der Waals surface area (Å²) >= 11 is 0. The standard InChI is InChI=1S/C25H26N6O3/c1-15(18-11-12-22(33-4)23(13-18)34-5)26-29-25(32)21-14-20(27-28-21)24-16(2)30-31(17(24)3)19-9-7-6-8-10-19/h6-14H,1-5H3,(H,27,28)(H,29,32). The van der Waals surface area contributed by atoms with Crippen molar-refractivity contribution < 1.29 is 14.3 Å². The number of hydrogen-bond acceptors (Lipinski definition) is 6. The molecule has 2 aromatic carbocycles. The summed E-state index contributed by atoms with van der Waals surface area (Å²) in [6.45, 7) is 5.70. The predicted octanol–water partition coefficient (Wildman–Crippen LogP) is 4.05. The Morgan fingerprint density at radius 2 is 1.76 bits per heavy atom. The molecule has 4 aromatic rings. The number of methoxy groups -OCH3 is 2. The van der Waals surface area contributed by atoms with E-state index in [-0.39, 0.29) is 0 Å². The van der Waals surface area contributed by atoms with Crippen LogP contribution in [0.4, 0.5) is 0 Å². The average Bonchev–Trinajstić information content (AvgIpc) is 3.46. The van der Waals surface area contributed by atoms with Crippen LogP contribution in [0.3, 0.4) is 0 Å². The number of aryl methyl sites for hydroxylation is 1. The van der Waals surface area contributed by atoms with E-state index in [9.17, 15) is 4.79 Å². The van der Waals surface area contributed by atoms with Crippen LogP contribution in [0, 0.1) is 13.8 Å². The molecule has 1 amide bonds. The second kappa shape index (κ2) is 9.62. The number of ether oxygens (including phenoxy) is 2. The van der Waals surface area contributed by atoms with Gasteiger partial charge in [0.2, 0.25) is 0 Å². The fourth-order valence-corrected chi connectivity index (χ4v) is 3.72. The zero-order valence-electron chi connectivity index (χ0n) is 19.7. The lowest BCUT2D eigenvalue weighted by Crippen LogP contribution is -2.19. The quantitative estimate of drug-likeness (QED) is 0.321. The van der Waals surface area contributed by atoms with Crippen LogP contribution in [0.15, 0.2) is 59.7 Å². The van der Waals surface area contributed by atoms with Crippen LogP contribution in [0.2, 0.25) is 0 Å². The van der Waals surface area contributed by atoms with E-state index < -0.39 is 5.91 Å². The van der Waals surface area contributed by atoms with Gasteiger partial charge in [-0.05, 0) is 57.2 Å². The van der Waals surface area contributed by atoms with Crippen molar-refractivity contribution in [2.75, 3.05) is 14.2 Å². The van der Waals surface area contributed by atoms with Gasteiger partial charge in [0, 0.05) is 11.1 Å². The van der Waals surface area contributed by atoms with Gasteiger partial charge in [-0.15, -0.1) is 0 Å². The Balaban J connectivity index is 1.53. The highest BCUT2D eigenvalue weighted by Crippen LogP contribution is 2.29. The van der Waals surface area contributed by atoms with E-state index in [1.807, 2.05) is 54.9 Å². The molecule has 174 valence electrons. The Morgan fingerprint density at radius 3 is 2.47 bits per heavy atom. The lowest BCUT2D eigenvalue weighted by Gasteiger charge is -2.09. The van der Waals surface area contributed by atoms with E-state index in [2.05, 4.69) is 25.8 Å². The first-order valence-electron chi connectivity index (χ1n) is 10.7. The molecule has 0 bridgehead atoms. The normalized spacial score (nSPS) is 11.4. The molecule has 9 nitrogen and oxygen atoms in total. The lowest BCUT2D eigenvalue weighted by atomic mass is 10.1. The molecule has 2 heterocycles. The van der Waals surface area contributed by atoms with Gasteiger partial charge >= 0.3 is 0 Å². The number of H-pyrrole nitrogens is 1. The Morgan fingerprint density at radius 1 is 1.03 bits per heavy atom. The van der Waals surface area contributed by atoms with Crippen molar-refractivity contribution in [3.63, 3.8) is 0 Å². The smallest absolute Gasteiger partial charge is 0.289 e. The number of nitrogens with zero attached hydrogens (tertiary/aromatic N) is 4. The molecule has 0 fully saturated rings. The van der Waals surface area contributed by atoms with Gasteiger partial charge in [0.25, 0.3) is 5.91 Å². The second-order valence-electron chi connectivity index (χ2n) is 7.67. The van der Waals surface area contributed by atoms with E-state index in [1.54, 1.807) is 39.3 Å². The minimum Gasteiger partial charge on any atom is -0.493 e. The summed E-state index contributed by atoms with van der Waals surface area (Å²) in [5.74, 6) is 0.805. The molecule has 0 unspecified atom stereocenters. The number of carbonyl (C=O) groups excluding carboxylic acids is 1. The molecule has 0 aliphatic rings. The molecule has 4 rings (SSSR count). The second-order valence-corrected chi connectivity index (χ2v) is 7.67. The van der Waals surface area contributed by atoms with Crippen molar-refractivity contribution in [2.45, 2.75) is 20.8 Å². The van der Waals surface area contributed by atoms with Gasteiger partial charge in [0.1, 0.15) is 5.69 Å². The number of carbonyl (C=O) groups is 1. The van der Waals surface area contributed by atoms with Crippen LogP contribution in [0.25, 0.3) is 16.9 Å².